The normalized spacial score (nSPS) is 12.6. The Morgan fingerprint density at radius 2 is 2.17 bits per heavy atom. The van der Waals surface area contributed by atoms with Crippen LogP contribution in [-0.2, 0) is 0 Å². The van der Waals surface area contributed by atoms with Crippen molar-refractivity contribution in [3.63, 3.8) is 0 Å². The van der Waals surface area contributed by atoms with Crippen molar-refractivity contribution in [1.82, 2.24) is 0 Å². The average molecular weight is 183 g/mol. The van der Waals surface area contributed by atoms with Crippen molar-refractivity contribution in [2.45, 2.75) is 5.66 Å². The molecule has 2 N–H and O–H groups in total. The number of hydrogen-bond donors (Lipinski definition) is 1. The molecule has 0 saturated carbocycles. The van der Waals surface area contributed by atoms with Gasteiger partial charge in [0, 0.05) is 17.8 Å². The molecule has 0 fully saturated rings. The molecule has 1 aromatic rings. The fraction of sp³-hybridized carbons (Fsp3) is 0.333. The van der Waals surface area contributed by atoms with E-state index in [1.165, 1.54) is 0 Å². The molecule has 0 aliphatic heterocycles. The van der Waals surface area contributed by atoms with Crippen molar-refractivity contribution in [3.05, 3.63) is 29.8 Å². The van der Waals surface area contributed by atoms with Crippen molar-refractivity contribution in [1.29, 1.82) is 0 Å². The van der Waals surface area contributed by atoms with Crippen LogP contribution in [0.15, 0.2) is 24.3 Å². The summed E-state index contributed by atoms with van der Waals surface area (Å²) in [5.41, 5.74) is 6.98. The topological polar surface area (TPSA) is 35.2 Å². The highest BCUT2D eigenvalue weighted by molar-refractivity contribution is 7.17. The molecule has 0 heterocycles. The summed E-state index contributed by atoms with van der Waals surface area (Å²) in [5, 5.41) is 0. The minimum atomic E-state index is 0.279. The number of para-hydroxylation sites is 1. The number of nitrogens with two attached hydrogens (primary N) is 1. The van der Waals surface area contributed by atoms with E-state index in [1.54, 1.807) is 7.11 Å². The Labute approximate surface area is 75.3 Å². The first kappa shape index (κ1) is 9.50. The van der Waals surface area contributed by atoms with Gasteiger partial charge >= 0.3 is 0 Å². The van der Waals surface area contributed by atoms with Gasteiger partial charge in [0.05, 0.1) is 7.11 Å². The number of hydrogen-bond acceptors (Lipinski definition) is 2. The minimum absolute atomic E-state index is 0.279. The first-order chi connectivity index (χ1) is 5.79. The Balaban J connectivity index is 2.96. The first-order valence-electron chi connectivity index (χ1n) is 3.88. The largest absolute Gasteiger partial charge is 0.496 e. The van der Waals surface area contributed by atoms with Gasteiger partial charge in [-0.15, -0.1) is 9.24 Å². The van der Waals surface area contributed by atoms with Crippen LogP contribution in [0.2, 0.25) is 0 Å². The Hall–Kier alpha value is -0.590. The van der Waals surface area contributed by atoms with Gasteiger partial charge < -0.3 is 10.5 Å². The van der Waals surface area contributed by atoms with E-state index in [-0.39, 0.29) is 5.66 Å². The lowest BCUT2D eigenvalue weighted by Gasteiger charge is -2.12. The van der Waals surface area contributed by atoms with Gasteiger partial charge in [-0.2, -0.15) is 0 Å². The molecule has 12 heavy (non-hydrogen) atoms. The predicted molar refractivity (Wildman–Crippen MR) is 54.5 cm³/mol. The Morgan fingerprint density at radius 1 is 1.50 bits per heavy atom. The lowest BCUT2D eigenvalue weighted by Crippen LogP contribution is -2.07. The van der Waals surface area contributed by atoms with Gasteiger partial charge in [-0.05, 0) is 6.07 Å². The second-order valence-corrected chi connectivity index (χ2v) is 3.39. The van der Waals surface area contributed by atoms with E-state index in [0.29, 0.717) is 6.54 Å². The van der Waals surface area contributed by atoms with Crippen LogP contribution < -0.4 is 10.5 Å². The van der Waals surface area contributed by atoms with Crippen LogP contribution >= 0.6 is 9.24 Å². The van der Waals surface area contributed by atoms with Gasteiger partial charge in [-0.25, -0.2) is 0 Å². The molecule has 0 aromatic heterocycles. The molecule has 2 atom stereocenters. The van der Waals surface area contributed by atoms with Crippen molar-refractivity contribution < 1.29 is 4.74 Å². The molecule has 0 aliphatic rings. The highest BCUT2D eigenvalue weighted by Gasteiger charge is 2.07. The lowest BCUT2D eigenvalue weighted by molar-refractivity contribution is 0.409. The van der Waals surface area contributed by atoms with Gasteiger partial charge in [0.1, 0.15) is 5.75 Å². The van der Waals surface area contributed by atoms with Crippen molar-refractivity contribution >= 4 is 9.24 Å². The van der Waals surface area contributed by atoms with Crippen LogP contribution in [0.1, 0.15) is 11.2 Å². The van der Waals surface area contributed by atoms with Crippen LogP contribution in [-0.4, -0.2) is 13.7 Å². The maximum atomic E-state index is 5.55. The van der Waals surface area contributed by atoms with Crippen LogP contribution in [0.4, 0.5) is 0 Å². The third kappa shape index (κ3) is 1.96. The Kier molecular flexibility index (Phi) is 3.51. The maximum absolute atomic E-state index is 5.55. The minimum Gasteiger partial charge on any atom is -0.496 e. The van der Waals surface area contributed by atoms with E-state index < -0.39 is 0 Å². The van der Waals surface area contributed by atoms with E-state index in [9.17, 15) is 0 Å². The van der Waals surface area contributed by atoms with Gasteiger partial charge in [0.25, 0.3) is 0 Å². The second kappa shape index (κ2) is 4.44. The van der Waals surface area contributed by atoms with Crippen LogP contribution in [0, 0.1) is 0 Å². The number of benzene rings is 1. The molecule has 66 valence electrons. The summed E-state index contributed by atoms with van der Waals surface area (Å²) < 4.78 is 5.20. The third-order valence-corrected chi connectivity index (χ3v) is 2.42. The molecule has 0 spiro atoms. The summed E-state index contributed by atoms with van der Waals surface area (Å²) >= 11 is 0. The maximum Gasteiger partial charge on any atom is 0.122 e. The van der Waals surface area contributed by atoms with E-state index in [2.05, 4.69) is 9.24 Å². The zero-order valence-corrected chi connectivity index (χ0v) is 8.31. The van der Waals surface area contributed by atoms with Crippen LogP contribution in [0.25, 0.3) is 0 Å². The molecule has 2 nitrogen and oxygen atoms in total. The highest BCUT2D eigenvalue weighted by atomic mass is 31.0. The number of ether oxygens (including phenoxy) is 1. The molecule has 0 saturated heterocycles. The summed E-state index contributed by atoms with van der Waals surface area (Å²) in [6.45, 7) is 0.616. The van der Waals surface area contributed by atoms with Crippen LogP contribution in [0.3, 0.4) is 0 Å². The molecular formula is C9H14NOP. The zero-order valence-electron chi connectivity index (χ0n) is 7.16. The van der Waals surface area contributed by atoms with Crippen molar-refractivity contribution in [3.8, 4) is 5.75 Å². The molecule has 1 aromatic carbocycles. The molecule has 0 amide bonds. The summed E-state index contributed by atoms with van der Waals surface area (Å²) in [4.78, 5) is 0. The lowest BCUT2D eigenvalue weighted by atomic mass is 10.1. The zero-order chi connectivity index (χ0) is 8.97. The summed E-state index contributed by atoms with van der Waals surface area (Å²) in [7, 11) is 4.38. The van der Waals surface area contributed by atoms with E-state index in [4.69, 9.17) is 10.5 Å². The van der Waals surface area contributed by atoms with Gasteiger partial charge in [0.2, 0.25) is 0 Å². The summed E-state index contributed by atoms with van der Waals surface area (Å²) in [6.07, 6.45) is 0. The Bertz CT molecular complexity index is 252. The molecule has 0 aliphatic carbocycles. The Morgan fingerprint density at radius 3 is 2.75 bits per heavy atom. The highest BCUT2D eigenvalue weighted by Crippen LogP contribution is 2.29. The summed E-state index contributed by atoms with van der Waals surface area (Å²) in [6, 6.07) is 7.92. The molecule has 3 heteroatoms. The molecule has 2 unspecified atom stereocenters. The number of rotatable bonds is 3. The van der Waals surface area contributed by atoms with E-state index >= 15 is 0 Å². The van der Waals surface area contributed by atoms with E-state index in [0.717, 1.165) is 11.3 Å². The van der Waals surface area contributed by atoms with Crippen LogP contribution in [0.5, 0.6) is 5.75 Å². The fourth-order valence-electron chi connectivity index (χ4n) is 1.10. The standard InChI is InChI=1S/C9H14NOP/c1-11-8-5-3-2-4-7(8)9(12)6-10/h2-5,9H,6,10,12H2,1H3. The molecule has 1 rings (SSSR count). The molecule has 0 radical (unpaired) electrons. The predicted octanol–water partition coefficient (Wildman–Crippen LogP) is 1.57. The van der Waals surface area contributed by atoms with Crippen molar-refractivity contribution in [2.24, 2.45) is 5.73 Å². The van der Waals surface area contributed by atoms with Gasteiger partial charge in [-0.1, -0.05) is 18.2 Å². The van der Waals surface area contributed by atoms with Gasteiger partial charge in [-0.3, -0.25) is 0 Å². The molecular weight excluding hydrogens is 169 g/mol. The smallest absolute Gasteiger partial charge is 0.122 e. The van der Waals surface area contributed by atoms with Crippen molar-refractivity contribution in [2.75, 3.05) is 13.7 Å². The third-order valence-electron chi connectivity index (χ3n) is 1.79. The average Bonchev–Trinajstić information content (AvgIpc) is 2.16. The van der Waals surface area contributed by atoms with Gasteiger partial charge in [0.15, 0.2) is 0 Å². The SMILES string of the molecule is COc1ccccc1C(P)CN. The molecule has 0 bridgehead atoms. The quantitative estimate of drug-likeness (QED) is 0.722. The number of methoxy groups -OCH3 is 1. The summed E-state index contributed by atoms with van der Waals surface area (Å²) in [5.74, 6) is 0.906. The first-order valence-corrected chi connectivity index (χ1v) is 4.54. The second-order valence-electron chi connectivity index (χ2n) is 2.58. The monoisotopic (exact) mass is 183 g/mol. The van der Waals surface area contributed by atoms with E-state index in [1.807, 2.05) is 24.3 Å². The fourth-order valence-corrected chi connectivity index (χ4v) is 1.38.